The van der Waals surface area contributed by atoms with E-state index >= 15 is 0 Å². The van der Waals surface area contributed by atoms with Crippen molar-refractivity contribution in [3.05, 3.63) is 34.1 Å². The van der Waals surface area contributed by atoms with Crippen LogP contribution in [-0.4, -0.2) is 41.8 Å². The summed E-state index contributed by atoms with van der Waals surface area (Å²) in [6.45, 7) is 1.04. The van der Waals surface area contributed by atoms with E-state index < -0.39 is 0 Å². The summed E-state index contributed by atoms with van der Waals surface area (Å²) in [6.07, 6.45) is 2.19. The predicted molar refractivity (Wildman–Crippen MR) is 78.0 cm³/mol. The maximum Gasteiger partial charge on any atom is 0.317 e. The Kier molecular flexibility index (Phi) is 5.37. The van der Waals surface area contributed by atoms with Crippen LogP contribution < -0.4 is 5.32 Å². The fourth-order valence-electron chi connectivity index (χ4n) is 2.43. The van der Waals surface area contributed by atoms with Gasteiger partial charge in [0.1, 0.15) is 5.82 Å². The Balaban J connectivity index is 1.83. The van der Waals surface area contributed by atoms with Gasteiger partial charge < -0.3 is 15.3 Å². The SMILES string of the molecule is O=C(NCCc1cc(Br)ccc1F)N1CCCC1CO. The van der Waals surface area contributed by atoms with Crippen LogP contribution in [0.4, 0.5) is 9.18 Å². The monoisotopic (exact) mass is 344 g/mol. The molecule has 1 unspecified atom stereocenters. The van der Waals surface area contributed by atoms with Gasteiger partial charge in [0.2, 0.25) is 0 Å². The average Bonchev–Trinajstić information content (AvgIpc) is 2.91. The number of likely N-dealkylation sites (tertiary alicyclic amines) is 1. The van der Waals surface area contributed by atoms with E-state index in [1.807, 2.05) is 0 Å². The van der Waals surface area contributed by atoms with E-state index in [2.05, 4.69) is 21.2 Å². The van der Waals surface area contributed by atoms with Crippen LogP contribution >= 0.6 is 15.9 Å². The summed E-state index contributed by atoms with van der Waals surface area (Å²) >= 11 is 3.30. The van der Waals surface area contributed by atoms with Gasteiger partial charge in [-0.1, -0.05) is 15.9 Å². The van der Waals surface area contributed by atoms with Gasteiger partial charge in [-0.2, -0.15) is 0 Å². The van der Waals surface area contributed by atoms with E-state index in [0.29, 0.717) is 25.1 Å². The van der Waals surface area contributed by atoms with E-state index in [0.717, 1.165) is 17.3 Å². The van der Waals surface area contributed by atoms with Crippen LogP contribution in [0.5, 0.6) is 0 Å². The van der Waals surface area contributed by atoms with Gasteiger partial charge in [0.25, 0.3) is 0 Å². The van der Waals surface area contributed by atoms with E-state index in [1.54, 1.807) is 17.0 Å². The van der Waals surface area contributed by atoms with Crippen LogP contribution in [0.1, 0.15) is 18.4 Å². The molecule has 1 atom stereocenters. The molecule has 0 aliphatic carbocycles. The van der Waals surface area contributed by atoms with E-state index in [1.165, 1.54) is 6.07 Å². The summed E-state index contributed by atoms with van der Waals surface area (Å²) in [5, 5.41) is 12.0. The first-order valence-corrected chi connectivity index (χ1v) is 7.50. The molecule has 1 aromatic rings. The maximum atomic E-state index is 13.5. The second-order valence-electron chi connectivity index (χ2n) is 4.89. The standard InChI is InChI=1S/C14H18BrFN2O2/c15-11-3-4-13(16)10(8-11)5-6-17-14(20)18-7-1-2-12(18)9-19/h3-4,8,12,19H,1-2,5-7,9H2,(H,17,20). The molecule has 0 radical (unpaired) electrons. The number of aliphatic hydroxyl groups excluding tert-OH is 1. The molecule has 0 bridgehead atoms. The number of benzene rings is 1. The third-order valence-electron chi connectivity index (χ3n) is 3.53. The van der Waals surface area contributed by atoms with E-state index in [-0.39, 0.29) is 24.5 Å². The fraction of sp³-hybridized carbons (Fsp3) is 0.500. The Morgan fingerprint density at radius 2 is 2.35 bits per heavy atom. The van der Waals surface area contributed by atoms with Crippen LogP contribution in [0.25, 0.3) is 0 Å². The Bertz CT molecular complexity index is 484. The molecule has 110 valence electrons. The quantitative estimate of drug-likeness (QED) is 0.880. The molecule has 2 amide bonds. The molecule has 2 rings (SSSR count). The first-order chi connectivity index (χ1) is 9.61. The Labute approximate surface area is 126 Å². The largest absolute Gasteiger partial charge is 0.394 e. The molecule has 1 aromatic carbocycles. The first-order valence-electron chi connectivity index (χ1n) is 6.71. The zero-order valence-electron chi connectivity index (χ0n) is 11.1. The molecule has 0 aromatic heterocycles. The van der Waals surface area contributed by atoms with Crippen molar-refractivity contribution >= 4 is 22.0 Å². The van der Waals surface area contributed by atoms with Crippen molar-refractivity contribution in [1.29, 1.82) is 0 Å². The number of aliphatic hydroxyl groups is 1. The minimum absolute atomic E-state index is 0.00627. The number of hydrogen-bond donors (Lipinski definition) is 2. The van der Waals surface area contributed by atoms with Gasteiger partial charge in [0, 0.05) is 17.6 Å². The Morgan fingerprint density at radius 1 is 1.55 bits per heavy atom. The second-order valence-corrected chi connectivity index (χ2v) is 5.81. The molecule has 1 saturated heterocycles. The van der Waals surface area contributed by atoms with Crippen LogP contribution in [0, 0.1) is 5.82 Å². The molecular weight excluding hydrogens is 327 g/mol. The number of carbonyl (C=O) groups excluding carboxylic acids is 1. The Morgan fingerprint density at radius 3 is 3.10 bits per heavy atom. The predicted octanol–water partition coefficient (Wildman–Crippen LogP) is 2.30. The number of hydrogen-bond acceptors (Lipinski definition) is 2. The van der Waals surface area contributed by atoms with Crippen molar-refractivity contribution in [3.8, 4) is 0 Å². The molecule has 1 aliphatic heterocycles. The number of carbonyl (C=O) groups is 1. The van der Waals surface area contributed by atoms with Crippen LogP contribution in [-0.2, 0) is 6.42 Å². The molecular formula is C14H18BrFN2O2. The summed E-state index contributed by atoms with van der Waals surface area (Å²) in [7, 11) is 0. The number of rotatable bonds is 4. The molecule has 1 fully saturated rings. The van der Waals surface area contributed by atoms with Crippen molar-refractivity contribution in [2.24, 2.45) is 0 Å². The van der Waals surface area contributed by atoms with Gasteiger partial charge in [-0.05, 0) is 43.0 Å². The lowest BCUT2D eigenvalue weighted by Gasteiger charge is -2.23. The fourth-order valence-corrected chi connectivity index (χ4v) is 2.84. The lowest BCUT2D eigenvalue weighted by atomic mass is 10.1. The summed E-state index contributed by atoms with van der Waals surface area (Å²) in [4.78, 5) is 13.6. The zero-order valence-corrected chi connectivity index (χ0v) is 12.7. The first kappa shape index (κ1) is 15.3. The van der Waals surface area contributed by atoms with Gasteiger partial charge in [-0.3, -0.25) is 0 Å². The van der Waals surface area contributed by atoms with Crippen molar-refractivity contribution < 1.29 is 14.3 Å². The molecule has 1 heterocycles. The highest BCUT2D eigenvalue weighted by Crippen LogP contribution is 2.17. The van der Waals surface area contributed by atoms with Crippen molar-refractivity contribution in [2.45, 2.75) is 25.3 Å². The van der Waals surface area contributed by atoms with Crippen LogP contribution in [0.2, 0.25) is 0 Å². The van der Waals surface area contributed by atoms with Gasteiger partial charge in [0.15, 0.2) is 0 Å². The lowest BCUT2D eigenvalue weighted by Crippen LogP contribution is -2.44. The lowest BCUT2D eigenvalue weighted by molar-refractivity contribution is 0.157. The number of halogens is 2. The molecule has 20 heavy (non-hydrogen) atoms. The summed E-state index contributed by atoms with van der Waals surface area (Å²) in [5.74, 6) is -0.267. The number of nitrogens with one attached hydrogen (secondary N) is 1. The normalized spacial score (nSPS) is 18.4. The average molecular weight is 345 g/mol. The topological polar surface area (TPSA) is 52.6 Å². The zero-order chi connectivity index (χ0) is 14.5. The third-order valence-corrected chi connectivity index (χ3v) is 4.02. The van der Waals surface area contributed by atoms with Gasteiger partial charge in [-0.15, -0.1) is 0 Å². The summed E-state index contributed by atoms with van der Waals surface area (Å²) in [5.41, 5.74) is 0.569. The highest BCUT2D eigenvalue weighted by molar-refractivity contribution is 9.10. The van der Waals surface area contributed by atoms with E-state index in [9.17, 15) is 14.3 Å². The molecule has 6 heteroatoms. The Hall–Kier alpha value is -1.14. The molecule has 0 saturated carbocycles. The minimum atomic E-state index is -0.267. The van der Waals surface area contributed by atoms with Gasteiger partial charge in [-0.25, -0.2) is 9.18 Å². The van der Waals surface area contributed by atoms with Crippen LogP contribution in [0.15, 0.2) is 22.7 Å². The molecule has 4 nitrogen and oxygen atoms in total. The molecule has 1 aliphatic rings. The molecule has 0 spiro atoms. The molecule has 2 N–H and O–H groups in total. The second kappa shape index (κ2) is 7.04. The van der Waals surface area contributed by atoms with Crippen molar-refractivity contribution in [1.82, 2.24) is 10.2 Å². The highest BCUT2D eigenvalue weighted by atomic mass is 79.9. The van der Waals surface area contributed by atoms with Crippen molar-refractivity contribution in [2.75, 3.05) is 19.7 Å². The number of urea groups is 1. The summed E-state index contributed by atoms with van der Waals surface area (Å²) in [6, 6.07) is 4.50. The maximum absolute atomic E-state index is 13.5. The number of amides is 2. The third kappa shape index (κ3) is 3.70. The number of nitrogens with zero attached hydrogens (tertiary/aromatic N) is 1. The minimum Gasteiger partial charge on any atom is -0.394 e. The van der Waals surface area contributed by atoms with Gasteiger partial charge in [0.05, 0.1) is 12.6 Å². The smallest absolute Gasteiger partial charge is 0.317 e. The van der Waals surface area contributed by atoms with Crippen LogP contribution in [0.3, 0.4) is 0 Å². The van der Waals surface area contributed by atoms with Gasteiger partial charge >= 0.3 is 6.03 Å². The van der Waals surface area contributed by atoms with Crippen molar-refractivity contribution in [3.63, 3.8) is 0 Å². The van der Waals surface area contributed by atoms with E-state index in [4.69, 9.17) is 0 Å². The summed E-state index contributed by atoms with van der Waals surface area (Å²) < 4.78 is 14.4. The highest BCUT2D eigenvalue weighted by Gasteiger charge is 2.27.